The fourth-order valence-corrected chi connectivity index (χ4v) is 4.60. The minimum Gasteiger partial charge on any atom is -0.455 e. The summed E-state index contributed by atoms with van der Waals surface area (Å²) >= 11 is 6.11. The molecule has 33 heavy (non-hydrogen) atoms. The number of aryl methyl sites for hydroxylation is 2. The van der Waals surface area contributed by atoms with Gasteiger partial charge >= 0.3 is 0 Å². The van der Waals surface area contributed by atoms with Crippen molar-refractivity contribution >= 4 is 38.9 Å². The molecule has 6 nitrogen and oxygen atoms in total. The molecule has 0 aromatic heterocycles. The number of sulfonamides is 1. The van der Waals surface area contributed by atoms with Gasteiger partial charge in [-0.3, -0.25) is 9.10 Å². The third-order valence-electron chi connectivity index (χ3n) is 4.85. The normalized spacial score (nSPS) is 11.2. The molecule has 1 N–H and O–H groups in total. The van der Waals surface area contributed by atoms with Crippen molar-refractivity contribution in [3.05, 3.63) is 82.9 Å². The number of ether oxygens (including phenoxy) is 1. The Kier molecular flexibility index (Phi) is 8.00. The number of nitrogens with zero attached hydrogens (tertiary/aromatic N) is 1. The van der Waals surface area contributed by atoms with Crippen molar-refractivity contribution in [3.8, 4) is 11.5 Å². The quantitative estimate of drug-likeness (QED) is 0.406. The van der Waals surface area contributed by atoms with Crippen LogP contribution in [0.3, 0.4) is 0 Å². The topological polar surface area (TPSA) is 75.7 Å². The maximum Gasteiger partial charge on any atom is 0.232 e. The van der Waals surface area contributed by atoms with E-state index in [0.29, 0.717) is 34.3 Å². The largest absolute Gasteiger partial charge is 0.455 e. The summed E-state index contributed by atoms with van der Waals surface area (Å²) in [6.07, 6.45) is 1.65. The Morgan fingerprint density at radius 1 is 1.00 bits per heavy atom. The Labute approximate surface area is 200 Å². The minimum absolute atomic E-state index is 0.133. The molecule has 0 unspecified atom stereocenters. The Bertz CT molecular complexity index is 1210. The van der Waals surface area contributed by atoms with E-state index in [9.17, 15) is 13.2 Å². The average Bonchev–Trinajstić information content (AvgIpc) is 2.72. The molecule has 0 aliphatic heterocycles. The lowest BCUT2D eigenvalue weighted by atomic mass is 10.1. The van der Waals surface area contributed by atoms with E-state index >= 15 is 0 Å². The number of anilines is 2. The third kappa shape index (κ3) is 7.23. The number of hydrogen-bond donors (Lipinski definition) is 1. The number of benzene rings is 3. The molecule has 0 heterocycles. The summed E-state index contributed by atoms with van der Waals surface area (Å²) in [4.78, 5) is 12.6. The molecule has 0 spiro atoms. The second-order valence-electron chi connectivity index (χ2n) is 7.89. The summed E-state index contributed by atoms with van der Waals surface area (Å²) in [6.45, 7) is 4.03. The molecule has 174 valence electrons. The van der Waals surface area contributed by atoms with Gasteiger partial charge < -0.3 is 10.1 Å². The molecular weight excluding hydrogens is 460 g/mol. The van der Waals surface area contributed by atoms with Gasteiger partial charge in [0.05, 0.1) is 17.6 Å². The first kappa shape index (κ1) is 24.6. The van der Waals surface area contributed by atoms with E-state index in [1.54, 1.807) is 18.2 Å². The molecule has 0 bridgehead atoms. The van der Waals surface area contributed by atoms with Gasteiger partial charge in [0.2, 0.25) is 15.9 Å². The van der Waals surface area contributed by atoms with Crippen LogP contribution in [0.25, 0.3) is 0 Å². The van der Waals surface area contributed by atoms with Crippen molar-refractivity contribution in [3.63, 3.8) is 0 Å². The fourth-order valence-electron chi connectivity index (χ4n) is 3.48. The molecule has 0 aliphatic rings. The van der Waals surface area contributed by atoms with Gasteiger partial charge in [-0.2, -0.15) is 0 Å². The van der Waals surface area contributed by atoms with Crippen LogP contribution in [0.5, 0.6) is 11.5 Å². The number of halogens is 1. The highest BCUT2D eigenvalue weighted by Gasteiger charge is 2.18. The van der Waals surface area contributed by atoms with Crippen LogP contribution in [0.1, 0.15) is 24.0 Å². The summed E-state index contributed by atoms with van der Waals surface area (Å²) in [6, 6.07) is 19.8. The molecule has 0 saturated carbocycles. The summed E-state index contributed by atoms with van der Waals surface area (Å²) < 4.78 is 32.0. The van der Waals surface area contributed by atoms with Crippen LogP contribution < -0.4 is 14.4 Å². The van der Waals surface area contributed by atoms with Crippen LogP contribution in [-0.2, 0) is 14.8 Å². The standard InChI is InChI=1S/C25H27ClN2O4S/c1-18-14-19(2)16-21(15-18)28(33(3,30)31)13-7-10-25(29)27-23-17-20(26)11-12-24(23)32-22-8-5-4-6-9-22/h4-6,8-9,11-12,14-17H,7,10,13H2,1-3H3,(H,27,29). The highest BCUT2D eigenvalue weighted by Crippen LogP contribution is 2.32. The second kappa shape index (κ2) is 10.7. The molecule has 0 aliphatic carbocycles. The smallest absolute Gasteiger partial charge is 0.232 e. The van der Waals surface area contributed by atoms with Gasteiger partial charge in [-0.1, -0.05) is 35.9 Å². The first-order valence-electron chi connectivity index (χ1n) is 10.5. The van der Waals surface area contributed by atoms with Crippen molar-refractivity contribution < 1.29 is 17.9 Å². The van der Waals surface area contributed by atoms with Crippen molar-refractivity contribution in [2.45, 2.75) is 26.7 Å². The van der Waals surface area contributed by atoms with Crippen molar-refractivity contribution in [2.24, 2.45) is 0 Å². The zero-order valence-electron chi connectivity index (χ0n) is 18.8. The Morgan fingerprint density at radius 2 is 1.67 bits per heavy atom. The lowest BCUT2D eigenvalue weighted by Gasteiger charge is -2.23. The van der Waals surface area contributed by atoms with Crippen molar-refractivity contribution in [1.29, 1.82) is 0 Å². The zero-order chi connectivity index (χ0) is 24.0. The van der Waals surface area contributed by atoms with E-state index in [4.69, 9.17) is 16.3 Å². The summed E-state index contributed by atoms with van der Waals surface area (Å²) in [5.41, 5.74) is 3.00. The van der Waals surface area contributed by atoms with Crippen LogP contribution in [0.15, 0.2) is 66.7 Å². The molecular formula is C25H27ClN2O4S. The monoisotopic (exact) mass is 486 g/mol. The van der Waals surface area contributed by atoms with Crippen molar-refractivity contribution in [1.82, 2.24) is 0 Å². The summed E-state index contributed by atoms with van der Waals surface area (Å²) in [7, 11) is -3.49. The SMILES string of the molecule is Cc1cc(C)cc(N(CCCC(=O)Nc2cc(Cl)ccc2Oc2ccccc2)S(C)(=O)=O)c1. The lowest BCUT2D eigenvalue weighted by molar-refractivity contribution is -0.116. The molecule has 3 rings (SSSR count). The number of nitrogens with one attached hydrogen (secondary N) is 1. The Balaban J connectivity index is 1.67. The first-order valence-corrected chi connectivity index (χ1v) is 12.7. The van der Waals surface area contributed by atoms with Gasteiger partial charge in [0.1, 0.15) is 5.75 Å². The molecule has 3 aromatic rings. The van der Waals surface area contributed by atoms with Gasteiger partial charge in [-0.05, 0) is 73.9 Å². The van der Waals surface area contributed by atoms with E-state index in [1.165, 1.54) is 10.6 Å². The van der Waals surface area contributed by atoms with Gasteiger partial charge in [-0.25, -0.2) is 8.42 Å². The van der Waals surface area contributed by atoms with E-state index in [0.717, 1.165) is 11.1 Å². The Hall–Kier alpha value is -3.03. The predicted molar refractivity (Wildman–Crippen MR) is 134 cm³/mol. The van der Waals surface area contributed by atoms with E-state index < -0.39 is 10.0 Å². The van der Waals surface area contributed by atoms with E-state index in [2.05, 4.69) is 5.32 Å². The van der Waals surface area contributed by atoms with Crippen LogP contribution in [0.4, 0.5) is 11.4 Å². The molecule has 0 saturated heterocycles. The lowest BCUT2D eigenvalue weighted by Crippen LogP contribution is -2.31. The summed E-state index contributed by atoms with van der Waals surface area (Å²) in [5.74, 6) is 0.837. The third-order valence-corrected chi connectivity index (χ3v) is 6.28. The second-order valence-corrected chi connectivity index (χ2v) is 10.2. The van der Waals surface area contributed by atoms with Crippen LogP contribution >= 0.6 is 11.6 Å². The van der Waals surface area contributed by atoms with E-state index in [-0.39, 0.29) is 18.9 Å². The number of hydrogen-bond acceptors (Lipinski definition) is 4. The molecule has 3 aromatic carbocycles. The molecule has 8 heteroatoms. The zero-order valence-corrected chi connectivity index (χ0v) is 20.4. The number of rotatable bonds is 9. The van der Waals surface area contributed by atoms with Crippen molar-refractivity contribution in [2.75, 3.05) is 22.4 Å². The average molecular weight is 487 g/mol. The maximum atomic E-state index is 12.6. The number of carbonyl (C=O) groups is 1. The molecule has 0 atom stereocenters. The Morgan fingerprint density at radius 3 is 2.30 bits per heavy atom. The number of amides is 1. The first-order chi connectivity index (χ1) is 15.6. The maximum absolute atomic E-state index is 12.6. The van der Waals surface area contributed by atoms with Crippen LogP contribution in [0.2, 0.25) is 5.02 Å². The fraction of sp³-hybridized carbons (Fsp3) is 0.240. The summed E-state index contributed by atoms with van der Waals surface area (Å²) in [5, 5.41) is 3.29. The minimum atomic E-state index is -3.49. The van der Waals surface area contributed by atoms with E-state index in [1.807, 2.05) is 62.4 Å². The highest BCUT2D eigenvalue weighted by molar-refractivity contribution is 7.92. The molecule has 0 radical (unpaired) electrons. The molecule has 1 amide bonds. The predicted octanol–water partition coefficient (Wildman–Crippen LogP) is 5.93. The van der Waals surface area contributed by atoms with Gasteiger partial charge in [0.25, 0.3) is 0 Å². The van der Waals surface area contributed by atoms with Crippen LogP contribution in [0, 0.1) is 13.8 Å². The highest BCUT2D eigenvalue weighted by atomic mass is 35.5. The number of para-hydroxylation sites is 1. The van der Waals surface area contributed by atoms with Gasteiger partial charge in [0.15, 0.2) is 5.75 Å². The van der Waals surface area contributed by atoms with Gasteiger partial charge in [0, 0.05) is 18.0 Å². The number of carbonyl (C=O) groups excluding carboxylic acids is 1. The van der Waals surface area contributed by atoms with Crippen LogP contribution in [-0.4, -0.2) is 27.1 Å². The molecule has 0 fully saturated rings. The van der Waals surface area contributed by atoms with Gasteiger partial charge in [-0.15, -0.1) is 0 Å².